The molecule has 2 nitrogen and oxygen atoms in total. The van der Waals surface area contributed by atoms with Crippen LogP contribution < -0.4 is 0 Å². The van der Waals surface area contributed by atoms with E-state index in [9.17, 15) is 0 Å². The van der Waals surface area contributed by atoms with Crippen molar-refractivity contribution in [3.8, 4) is 20.9 Å². The van der Waals surface area contributed by atoms with Crippen LogP contribution in [-0.2, 0) is 0 Å². The fraction of sp³-hybridized carbons (Fsp3) is 0. The Bertz CT molecular complexity index is 1410. The van der Waals surface area contributed by atoms with E-state index in [0.29, 0.717) is 0 Å². The van der Waals surface area contributed by atoms with E-state index in [1.165, 1.54) is 37.2 Å². The highest BCUT2D eigenvalue weighted by Crippen LogP contribution is 2.46. The Balaban J connectivity index is 1.97. The van der Waals surface area contributed by atoms with Gasteiger partial charge in [-0.25, -0.2) is 4.98 Å². The summed E-state index contributed by atoms with van der Waals surface area (Å²) in [5.74, 6) is 0. The topological polar surface area (TPSA) is 17.3 Å². The molecule has 4 aromatic heterocycles. The van der Waals surface area contributed by atoms with Gasteiger partial charge in [0.05, 0.1) is 11.0 Å². The van der Waals surface area contributed by atoms with Crippen molar-refractivity contribution in [3.63, 3.8) is 0 Å². The van der Waals surface area contributed by atoms with Gasteiger partial charge in [-0.15, -0.1) is 22.7 Å². The summed E-state index contributed by atoms with van der Waals surface area (Å²) in [7, 11) is 0. The highest BCUT2D eigenvalue weighted by Gasteiger charge is 2.22. The van der Waals surface area contributed by atoms with Crippen molar-refractivity contribution in [2.24, 2.45) is 0 Å². The summed E-state index contributed by atoms with van der Waals surface area (Å²) in [6.07, 6.45) is 2.12. The number of fused-ring (bicyclic) bond motifs is 5. The molecule has 0 radical (unpaired) electrons. The minimum absolute atomic E-state index is 0.985. The molecular weight excluding hydrogens is 368 g/mol. The van der Waals surface area contributed by atoms with E-state index >= 15 is 0 Å². The van der Waals surface area contributed by atoms with E-state index < -0.39 is 0 Å². The molecule has 2 aromatic carbocycles. The van der Waals surface area contributed by atoms with Crippen LogP contribution >= 0.6 is 22.7 Å². The molecular formula is C23H14N2S2. The predicted octanol–water partition coefficient (Wildman–Crippen LogP) is 7.10. The summed E-state index contributed by atoms with van der Waals surface area (Å²) in [5, 5.41) is 6.78. The minimum atomic E-state index is 0.985. The third-order valence-corrected chi connectivity index (χ3v) is 6.78. The fourth-order valence-corrected chi connectivity index (χ4v) is 5.49. The lowest BCUT2D eigenvalue weighted by Gasteiger charge is -2.14. The normalized spacial score (nSPS) is 11.7. The lowest BCUT2D eigenvalue weighted by molar-refractivity contribution is 1.23. The van der Waals surface area contributed by atoms with Gasteiger partial charge in [-0.3, -0.25) is 4.40 Å². The average molecular weight is 383 g/mol. The van der Waals surface area contributed by atoms with Crippen molar-refractivity contribution in [3.05, 3.63) is 83.7 Å². The summed E-state index contributed by atoms with van der Waals surface area (Å²) in [4.78, 5) is 7.58. The SMILES string of the molecule is c1csc(-c2c(-c3cccs3)c3c(nc4ccccn43)c3ccccc23)c1. The van der Waals surface area contributed by atoms with E-state index in [0.717, 1.165) is 11.2 Å². The molecule has 6 rings (SSSR count). The van der Waals surface area contributed by atoms with Crippen LogP contribution in [0.25, 0.3) is 48.3 Å². The quantitative estimate of drug-likeness (QED) is 0.312. The van der Waals surface area contributed by atoms with Crippen molar-refractivity contribution >= 4 is 50.1 Å². The number of pyridine rings is 1. The number of nitrogens with zero attached hydrogens (tertiary/aromatic N) is 2. The van der Waals surface area contributed by atoms with Crippen LogP contribution in [0.4, 0.5) is 0 Å². The first kappa shape index (κ1) is 15.1. The van der Waals surface area contributed by atoms with Gasteiger partial charge in [-0.1, -0.05) is 42.5 Å². The second-order valence-corrected chi connectivity index (χ2v) is 8.38. The maximum atomic E-state index is 5.01. The number of imidazole rings is 1. The Morgan fingerprint density at radius 3 is 2.11 bits per heavy atom. The molecule has 4 heteroatoms. The van der Waals surface area contributed by atoms with Crippen LogP contribution in [0.5, 0.6) is 0 Å². The molecule has 0 amide bonds. The molecule has 128 valence electrons. The van der Waals surface area contributed by atoms with Crippen molar-refractivity contribution in [1.82, 2.24) is 9.38 Å². The molecule has 0 aliphatic rings. The summed E-state index contributed by atoms with van der Waals surface area (Å²) < 4.78 is 2.23. The third kappa shape index (κ3) is 2.14. The molecule has 0 saturated carbocycles. The predicted molar refractivity (Wildman–Crippen MR) is 117 cm³/mol. The number of hydrogen-bond acceptors (Lipinski definition) is 3. The molecule has 6 aromatic rings. The Morgan fingerprint density at radius 2 is 1.37 bits per heavy atom. The van der Waals surface area contributed by atoms with Crippen LogP contribution in [0.15, 0.2) is 83.7 Å². The number of benzene rings is 2. The first-order chi connectivity index (χ1) is 13.4. The Morgan fingerprint density at radius 1 is 0.667 bits per heavy atom. The molecule has 0 bridgehead atoms. The fourth-order valence-electron chi connectivity index (χ4n) is 3.92. The number of thiophene rings is 2. The molecule has 0 saturated heterocycles. The van der Waals surface area contributed by atoms with Crippen molar-refractivity contribution in [2.75, 3.05) is 0 Å². The second kappa shape index (κ2) is 5.78. The van der Waals surface area contributed by atoms with Gasteiger partial charge in [-0.2, -0.15) is 0 Å². The third-order valence-electron chi connectivity index (χ3n) is 5.00. The number of rotatable bonds is 2. The van der Waals surface area contributed by atoms with Crippen molar-refractivity contribution in [2.45, 2.75) is 0 Å². The monoisotopic (exact) mass is 382 g/mol. The zero-order valence-corrected chi connectivity index (χ0v) is 15.9. The highest BCUT2D eigenvalue weighted by molar-refractivity contribution is 7.14. The molecule has 0 unspecified atom stereocenters. The summed E-state index contributed by atoms with van der Waals surface area (Å²) in [6, 6.07) is 23.6. The van der Waals surface area contributed by atoms with E-state index in [-0.39, 0.29) is 0 Å². The number of hydrogen-bond donors (Lipinski definition) is 0. The van der Waals surface area contributed by atoms with Gasteiger partial charge >= 0.3 is 0 Å². The highest BCUT2D eigenvalue weighted by atomic mass is 32.1. The van der Waals surface area contributed by atoms with Crippen LogP contribution in [0.3, 0.4) is 0 Å². The summed E-state index contributed by atoms with van der Waals surface area (Å²) >= 11 is 3.58. The smallest absolute Gasteiger partial charge is 0.137 e. The second-order valence-electron chi connectivity index (χ2n) is 6.49. The lowest BCUT2D eigenvalue weighted by Crippen LogP contribution is -1.91. The van der Waals surface area contributed by atoms with Crippen molar-refractivity contribution in [1.29, 1.82) is 0 Å². The van der Waals surface area contributed by atoms with Gasteiger partial charge in [0.2, 0.25) is 0 Å². The first-order valence-corrected chi connectivity index (χ1v) is 10.6. The first-order valence-electron chi connectivity index (χ1n) is 8.81. The average Bonchev–Trinajstić information content (AvgIpc) is 3.47. The minimum Gasteiger partial charge on any atom is -0.299 e. The molecule has 0 N–H and O–H groups in total. The van der Waals surface area contributed by atoms with Crippen LogP contribution in [-0.4, -0.2) is 9.38 Å². The van der Waals surface area contributed by atoms with Gasteiger partial charge in [0.1, 0.15) is 5.65 Å². The van der Waals surface area contributed by atoms with Crippen LogP contribution in [0.1, 0.15) is 0 Å². The van der Waals surface area contributed by atoms with Gasteiger partial charge in [0, 0.05) is 32.5 Å². The van der Waals surface area contributed by atoms with Gasteiger partial charge < -0.3 is 0 Å². The van der Waals surface area contributed by atoms with E-state index in [4.69, 9.17) is 4.98 Å². The molecule has 0 spiro atoms. The molecule has 27 heavy (non-hydrogen) atoms. The van der Waals surface area contributed by atoms with Gasteiger partial charge in [0.15, 0.2) is 0 Å². The zero-order chi connectivity index (χ0) is 17.8. The van der Waals surface area contributed by atoms with Crippen LogP contribution in [0.2, 0.25) is 0 Å². The molecule has 0 fully saturated rings. The Labute approximate surface area is 164 Å². The van der Waals surface area contributed by atoms with E-state index in [1.807, 2.05) is 0 Å². The molecule has 4 heterocycles. The van der Waals surface area contributed by atoms with Gasteiger partial charge in [-0.05, 0) is 40.4 Å². The maximum Gasteiger partial charge on any atom is 0.137 e. The Hall–Kier alpha value is -2.95. The number of aromatic nitrogens is 2. The summed E-state index contributed by atoms with van der Waals surface area (Å²) in [6.45, 7) is 0. The maximum absolute atomic E-state index is 5.01. The standard InChI is InChI=1S/C23H14N2S2/c1-2-8-16-15(7-1)20(17-9-5-13-26-17)21(18-10-6-14-27-18)23-22(16)24-19-11-3-4-12-25(19)23/h1-14H. The van der Waals surface area contributed by atoms with E-state index in [2.05, 4.69) is 88.1 Å². The largest absolute Gasteiger partial charge is 0.299 e. The summed E-state index contributed by atoms with van der Waals surface area (Å²) in [5.41, 5.74) is 5.83. The zero-order valence-electron chi connectivity index (χ0n) is 14.3. The van der Waals surface area contributed by atoms with Crippen molar-refractivity contribution < 1.29 is 0 Å². The van der Waals surface area contributed by atoms with Crippen LogP contribution in [0, 0.1) is 0 Å². The van der Waals surface area contributed by atoms with E-state index in [1.54, 1.807) is 22.7 Å². The molecule has 0 atom stereocenters. The lowest BCUT2D eigenvalue weighted by atomic mass is 9.94. The van der Waals surface area contributed by atoms with Gasteiger partial charge in [0.25, 0.3) is 0 Å². The molecule has 0 aliphatic heterocycles. The Kier molecular flexibility index (Phi) is 3.24. The molecule has 0 aliphatic carbocycles.